The lowest BCUT2D eigenvalue weighted by atomic mass is 10.1. The van der Waals surface area contributed by atoms with E-state index >= 15 is 0 Å². The number of aryl methyl sites for hydroxylation is 1. The van der Waals surface area contributed by atoms with E-state index in [2.05, 4.69) is 22.2 Å². The van der Waals surface area contributed by atoms with Crippen molar-refractivity contribution in [1.29, 1.82) is 0 Å². The summed E-state index contributed by atoms with van der Waals surface area (Å²) in [7, 11) is 0. The van der Waals surface area contributed by atoms with Crippen LogP contribution in [0.5, 0.6) is 0 Å². The number of halogens is 2. The Morgan fingerprint density at radius 1 is 1.10 bits per heavy atom. The first-order valence-electron chi connectivity index (χ1n) is 7.27. The molecule has 0 atom stereocenters. The smallest absolute Gasteiger partial charge is 0.161 e. The average Bonchev–Trinajstić information content (AvgIpc) is 2.92. The topological polar surface area (TPSA) is 37.8 Å². The van der Waals surface area contributed by atoms with Gasteiger partial charge in [-0.3, -0.25) is 0 Å². The number of nitrogens with zero attached hydrogens (tertiary/aromatic N) is 2. The van der Waals surface area contributed by atoms with Crippen LogP contribution >= 0.6 is 0 Å². The highest BCUT2D eigenvalue weighted by molar-refractivity contribution is 5.61. The second-order valence-corrected chi connectivity index (χ2v) is 5.26. The zero-order valence-corrected chi connectivity index (χ0v) is 11.9. The van der Waals surface area contributed by atoms with Crippen LogP contribution in [0.1, 0.15) is 31.0 Å². The normalized spacial score (nSPS) is 13.3. The average molecular weight is 289 g/mol. The molecule has 21 heavy (non-hydrogen) atoms. The predicted octanol–water partition coefficient (Wildman–Crippen LogP) is 3.73. The van der Waals surface area contributed by atoms with E-state index in [1.54, 1.807) is 0 Å². The van der Waals surface area contributed by atoms with Crippen molar-refractivity contribution in [3.63, 3.8) is 0 Å². The van der Waals surface area contributed by atoms with Gasteiger partial charge in [0.15, 0.2) is 5.82 Å². The number of nitrogens with one attached hydrogen (secondary N) is 1. The molecule has 2 aromatic rings. The first-order chi connectivity index (χ1) is 10.2. The maximum absolute atomic E-state index is 13.4. The van der Waals surface area contributed by atoms with Crippen LogP contribution in [-0.4, -0.2) is 16.5 Å². The molecule has 3 nitrogen and oxygen atoms in total. The Morgan fingerprint density at radius 2 is 1.86 bits per heavy atom. The molecule has 0 fully saturated rings. The second kappa shape index (κ2) is 5.76. The van der Waals surface area contributed by atoms with Crippen LogP contribution in [0.2, 0.25) is 0 Å². The summed E-state index contributed by atoms with van der Waals surface area (Å²) in [6, 6.07) is 3.39. The summed E-state index contributed by atoms with van der Waals surface area (Å²) in [5.41, 5.74) is 2.51. The summed E-state index contributed by atoms with van der Waals surface area (Å²) < 4.78 is 26.8. The molecule has 1 heterocycles. The van der Waals surface area contributed by atoms with Crippen molar-refractivity contribution in [3.8, 4) is 11.4 Å². The SMILES string of the molecule is CCCNc1nc(-c2cc(F)cc(F)c2)nc2c1CCC2. The highest BCUT2D eigenvalue weighted by atomic mass is 19.1. The monoisotopic (exact) mass is 289 g/mol. The fourth-order valence-electron chi connectivity index (χ4n) is 2.63. The van der Waals surface area contributed by atoms with Crippen molar-refractivity contribution >= 4 is 5.82 Å². The highest BCUT2D eigenvalue weighted by Gasteiger charge is 2.20. The molecule has 0 bridgehead atoms. The first kappa shape index (κ1) is 13.9. The Bertz CT molecular complexity index is 651. The summed E-state index contributed by atoms with van der Waals surface area (Å²) in [5, 5.41) is 3.30. The Kier molecular flexibility index (Phi) is 3.82. The van der Waals surface area contributed by atoms with Gasteiger partial charge in [-0.2, -0.15) is 0 Å². The van der Waals surface area contributed by atoms with Crippen LogP contribution in [0.25, 0.3) is 11.4 Å². The van der Waals surface area contributed by atoms with E-state index in [-0.39, 0.29) is 0 Å². The van der Waals surface area contributed by atoms with Gasteiger partial charge in [0.05, 0.1) is 0 Å². The molecule has 110 valence electrons. The Balaban J connectivity index is 2.06. The van der Waals surface area contributed by atoms with E-state index < -0.39 is 11.6 Å². The third kappa shape index (κ3) is 2.86. The largest absolute Gasteiger partial charge is 0.370 e. The third-order valence-electron chi connectivity index (χ3n) is 3.60. The minimum Gasteiger partial charge on any atom is -0.370 e. The Labute approximate surface area is 122 Å². The zero-order valence-electron chi connectivity index (χ0n) is 11.9. The van der Waals surface area contributed by atoms with Crippen molar-refractivity contribution < 1.29 is 8.78 Å². The van der Waals surface area contributed by atoms with Crippen molar-refractivity contribution in [2.24, 2.45) is 0 Å². The van der Waals surface area contributed by atoms with Crippen LogP contribution in [0, 0.1) is 11.6 Å². The van der Waals surface area contributed by atoms with Crippen molar-refractivity contribution in [1.82, 2.24) is 9.97 Å². The van der Waals surface area contributed by atoms with E-state index in [0.29, 0.717) is 11.4 Å². The first-order valence-corrected chi connectivity index (χ1v) is 7.27. The molecule has 0 aliphatic heterocycles. The molecule has 3 rings (SSSR count). The van der Waals surface area contributed by atoms with Gasteiger partial charge in [0, 0.05) is 29.4 Å². The molecule has 0 unspecified atom stereocenters. The number of hydrogen-bond donors (Lipinski definition) is 1. The lowest BCUT2D eigenvalue weighted by molar-refractivity contribution is 0.584. The fraction of sp³-hybridized carbons (Fsp3) is 0.375. The van der Waals surface area contributed by atoms with E-state index in [1.807, 2.05) is 0 Å². The lowest BCUT2D eigenvalue weighted by Crippen LogP contribution is -2.08. The quantitative estimate of drug-likeness (QED) is 0.932. The molecule has 0 saturated carbocycles. The fourth-order valence-corrected chi connectivity index (χ4v) is 2.63. The van der Waals surface area contributed by atoms with Crippen molar-refractivity contribution in [2.75, 3.05) is 11.9 Å². The number of benzene rings is 1. The summed E-state index contributed by atoms with van der Waals surface area (Å²) in [6.07, 6.45) is 3.89. The lowest BCUT2D eigenvalue weighted by Gasteiger charge is -2.12. The van der Waals surface area contributed by atoms with Crippen LogP contribution in [0.4, 0.5) is 14.6 Å². The van der Waals surface area contributed by atoms with Crippen molar-refractivity contribution in [3.05, 3.63) is 41.1 Å². The molecule has 0 radical (unpaired) electrons. The Morgan fingerprint density at radius 3 is 2.57 bits per heavy atom. The van der Waals surface area contributed by atoms with E-state index in [4.69, 9.17) is 0 Å². The Hall–Kier alpha value is -2.04. The number of anilines is 1. The molecule has 0 saturated heterocycles. The van der Waals surface area contributed by atoms with Gasteiger partial charge in [-0.25, -0.2) is 18.7 Å². The number of hydrogen-bond acceptors (Lipinski definition) is 3. The van der Waals surface area contributed by atoms with Gasteiger partial charge in [-0.05, 0) is 37.8 Å². The molecule has 1 N–H and O–H groups in total. The predicted molar refractivity (Wildman–Crippen MR) is 78.2 cm³/mol. The minimum absolute atomic E-state index is 0.377. The standard InChI is InChI=1S/C16H17F2N3/c1-2-6-19-16-13-4-3-5-14(13)20-15(21-16)10-7-11(17)9-12(18)8-10/h7-9H,2-6H2,1H3,(H,19,20,21). The maximum Gasteiger partial charge on any atom is 0.161 e. The van der Waals surface area contributed by atoms with Gasteiger partial charge < -0.3 is 5.32 Å². The van der Waals surface area contributed by atoms with E-state index in [0.717, 1.165) is 55.4 Å². The van der Waals surface area contributed by atoms with Gasteiger partial charge in [0.2, 0.25) is 0 Å². The summed E-state index contributed by atoms with van der Waals surface area (Å²) in [4.78, 5) is 8.97. The number of fused-ring (bicyclic) bond motifs is 1. The molecule has 1 aliphatic rings. The molecule has 5 heteroatoms. The highest BCUT2D eigenvalue weighted by Crippen LogP contribution is 2.29. The van der Waals surface area contributed by atoms with Gasteiger partial charge in [-0.15, -0.1) is 0 Å². The van der Waals surface area contributed by atoms with Gasteiger partial charge in [-0.1, -0.05) is 6.92 Å². The van der Waals surface area contributed by atoms with E-state index in [9.17, 15) is 8.78 Å². The molecule has 1 aromatic carbocycles. The van der Waals surface area contributed by atoms with E-state index in [1.165, 1.54) is 12.1 Å². The number of rotatable bonds is 4. The van der Waals surface area contributed by atoms with Gasteiger partial charge in [0.1, 0.15) is 17.5 Å². The maximum atomic E-state index is 13.4. The molecule has 0 spiro atoms. The van der Waals surface area contributed by atoms with Crippen LogP contribution in [-0.2, 0) is 12.8 Å². The third-order valence-corrected chi connectivity index (χ3v) is 3.60. The molecule has 1 aliphatic carbocycles. The number of aromatic nitrogens is 2. The summed E-state index contributed by atoms with van der Waals surface area (Å²) in [5.74, 6) is -0.0407. The second-order valence-electron chi connectivity index (χ2n) is 5.26. The van der Waals surface area contributed by atoms with Crippen LogP contribution < -0.4 is 5.32 Å². The molecule has 0 amide bonds. The zero-order chi connectivity index (χ0) is 14.8. The molecular formula is C16H17F2N3. The molecule has 1 aromatic heterocycles. The molecular weight excluding hydrogens is 272 g/mol. The van der Waals surface area contributed by atoms with Crippen LogP contribution in [0.15, 0.2) is 18.2 Å². The minimum atomic E-state index is -0.614. The van der Waals surface area contributed by atoms with Crippen LogP contribution in [0.3, 0.4) is 0 Å². The van der Waals surface area contributed by atoms with Gasteiger partial charge >= 0.3 is 0 Å². The van der Waals surface area contributed by atoms with Crippen molar-refractivity contribution in [2.45, 2.75) is 32.6 Å². The van der Waals surface area contributed by atoms with Gasteiger partial charge in [0.25, 0.3) is 0 Å². The summed E-state index contributed by atoms with van der Waals surface area (Å²) >= 11 is 0. The summed E-state index contributed by atoms with van der Waals surface area (Å²) in [6.45, 7) is 2.90.